The van der Waals surface area contributed by atoms with E-state index in [1.807, 2.05) is 20.8 Å². The summed E-state index contributed by atoms with van der Waals surface area (Å²) < 4.78 is 28.4. The van der Waals surface area contributed by atoms with Crippen LogP contribution >= 0.6 is 0 Å². The third-order valence-corrected chi connectivity index (χ3v) is 2.96. The number of hydrogen-bond donors (Lipinski definition) is 2. The van der Waals surface area contributed by atoms with E-state index in [1.165, 1.54) is 0 Å². The maximum atomic E-state index is 11.8. The van der Waals surface area contributed by atoms with Crippen LogP contribution in [-0.4, -0.2) is 29.7 Å². The van der Waals surface area contributed by atoms with Gasteiger partial charge in [-0.1, -0.05) is 0 Å². The van der Waals surface area contributed by atoms with Crippen LogP contribution < -0.4 is 0 Å². The molecule has 0 saturated carbocycles. The summed E-state index contributed by atoms with van der Waals surface area (Å²) in [6, 6.07) is 0. The normalized spacial score (nSPS) is 13.4. The van der Waals surface area contributed by atoms with Gasteiger partial charge in [-0.05, 0) is 31.9 Å². The molecule has 1 unspecified atom stereocenters. The molecule has 0 aliphatic heterocycles. The van der Waals surface area contributed by atoms with Crippen LogP contribution in [0.2, 0.25) is 0 Å². The summed E-state index contributed by atoms with van der Waals surface area (Å²) in [5, 5.41) is 9.91. The van der Waals surface area contributed by atoms with E-state index in [-0.39, 0.29) is 6.61 Å². The van der Waals surface area contributed by atoms with Crippen molar-refractivity contribution in [2.75, 3.05) is 13.2 Å². The van der Waals surface area contributed by atoms with Crippen LogP contribution in [0.25, 0.3) is 0 Å². The van der Waals surface area contributed by atoms with Crippen molar-refractivity contribution < 1.29 is 18.6 Å². The lowest BCUT2D eigenvalue weighted by atomic mass is 10.1. The minimum Gasteiger partial charge on any atom is -0.387 e. The molecule has 0 spiro atoms. The lowest BCUT2D eigenvalue weighted by Gasteiger charge is -2.11. The van der Waals surface area contributed by atoms with Gasteiger partial charge in [0, 0.05) is 24.4 Å². The van der Waals surface area contributed by atoms with Crippen molar-refractivity contribution in [3.05, 3.63) is 22.5 Å². The van der Waals surface area contributed by atoms with Gasteiger partial charge in [-0.15, -0.1) is 0 Å². The number of alkyl halides is 2. The summed E-state index contributed by atoms with van der Waals surface area (Å²) in [6.07, 6.45) is -2.84. The van der Waals surface area contributed by atoms with Gasteiger partial charge in [-0.2, -0.15) is 0 Å². The van der Waals surface area contributed by atoms with E-state index >= 15 is 0 Å². The molecule has 98 valence electrons. The fourth-order valence-electron chi connectivity index (χ4n) is 1.72. The molecule has 2 N–H and O–H groups in total. The molecular weight excluding hydrogens is 228 g/mol. The SMILES string of the molecule is Cc1[nH]c(C(O)CCOCC(F)F)c(C)c1C. The van der Waals surface area contributed by atoms with Crippen molar-refractivity contribution in [1.82, 2.24) is 4.98 Å². The maximum Gasteiger partial charge on any atom is 0.261 e. The monoisotopic (exact) mass is 247 g/mol. The van der Waals surface area contributed by atoms with Gasteiger partial charge in [0.1, 0.15) is 6.61 Å². The average Bonchev–Trinajstić information content (AvgIpc) is 2.52. The van der Waals surface area contributed by atoms with Crippen molar-refractivity contribution in [3.63, 3.8) is 0 Å². The molecule has 0 saturated heterocycles. The van der Waals surface area contributed by atoms with Crippen molar-refractivity contribution in [1.29, 1.82) is 0 Å². The van der Waals surface area contributed by atoms with Gasteiger partial charge in [0.2, 0.25) is 0 Å². The smallest absolute Gasteiger partial charge is 0.261 e. The lowest BCUT2D eigenvalue weighted by molar-refractivity contribution is 0.00438. The number of aliphatic hydroxyl groups is 1. The summed E-state index contributed by atoms with van der Waals surface area (Å²) >= 11 is 0. The number of aromatic nitrogens is 1. The number of rotatable bonds is 6. The second kappa shape index (κ2) is 6.12. The topological polar surface area (TPSA) is 45.2 Å². The molecule has 0 aromatic carbocycles. The quantitative estimate of drug-likeness (QED) is 0.759. The number of aliphatic hydroxyl groups excluding tert-OH is 1. The van der Waals surface area contributed by atoms with Crippen molar-refractivity contribution >= 4 is 0 Å². The summed E-state index contributed by atoms with van der Waals surface area (Å²) in [4.78, 5) is 3.11. The molecule has 0 amide bonds. The zero-order valence-corrected chi connectivity index (χ0v) is 10.4. The molecule has 0 aliphatic rings. The predicted molar refractivity (Wildman–Crippen MR) is 61.4 cm³/mol. The van der Waals surface area contributed by atoms with Crippen molar-refractivity contribution in [2.45, 2.75) is 39.7 Å². The Labute approximate surface area is 99.8 Å². The first-order valence-corrected chi connectivity index (χ1v) is 5.63. The number of halogens is 2. The van der Waals surface area contributed by atoms with E-state index in [4.69, 9.17) is 4.74 Å². The Hall–Kier alpha value is -0.940. The molecular formula is C12H19F2NO2. The first kappa shape index (κ1) is 14.1. The standard InChI is InChI=1S/C12H19F2NO2/c1-7-8(2)12(15-9(7)3)10(16)4-5-17-6-11(13)14/h10-11,15-16H,4-6H2,1-3H3. The van der Waals surface area contributed by atoms with E-state index in [0.29, 0.717) is 6.42 Å². The highest BCUT2D eigenvalue weighted by atomic mass is 19.3. The minimum atomic E-state index is -2.45. The largest absolute Gasteiger partial charge is 0.387 e. The van der Waals surface area contributed by atoms with Gasteiger partial charge in [0.05, 0.1) is 6.10 Å². The van der Waals surface area contributed by atoms with Crippen LogP contribution in [0.4, 0.5) is 8.78 Å². The van der Waals surface area contributed by atoms with Gasteiger partial charge in [0.25, 0.3) is 6.43 Å². The molecule has 1 aromatic heterocycles. The molecule has 1 atom stereocenters. The Kier molecular flexibility index (Phi) is 5.08. The van der Waals surface area contributed by atoms with E-state index in [1.54, 1.807) is 0 Å². The van der Waals surface area contributed by atoms with Gasteiger partial charge in [-0.3, -0.25) is 0 Å². The fourth-order valence-corrected chi connectivity index (χ4v) is 1.72. The minimum absolute atomic E-state index is 0.127. The number of ether oxygens (including phenoxy) is 1. The molecule has 1 aromatic rings. The number of H-pyrrole nitrogens is 1. The number of nitrogens with one attached hydrogen (secondary N) is 1. The van der Waals surface area contributed by atoms with E-state index < -0.39 is 19.1 Å². The highest BCUT2D eigenvalue weighted by molar-refractivity contribution is 5.35. The lowest BCUT2D eigenvalue weighted by Crippen LogP contribution is -2.09. The maximum absolute atomic E-state index is 11.8. The first-order chi connectivity index (χ1) is 7.93. The third kappa shape index (κ3) is 3.78. The molecule has 0 radical (unpaired) electrons. The molecule has 1 heterocycles. The third-order valence-electron chi connectivity index (χ3n) is 2.96. The highest BCUT2D eigenvalue weighted by Crippen LogP contribution is 2.24. The van der Waals surface area contributed by atoms with Crippen LogP contribution in [0.15, 0.2) is 0 Å². The molecule has 17 heavy (non-hydrogen) atoms. The summed E-state index contributed by atoms with van der Waals surface area (Å²) in [6.45, 7) is 5.39. The molecule has 1 rings (SSSR count). The number of hydrogen-bond acceptors (Lipinski definition) is 2. The summed E-state index contributed by atoms with van der Waals surface area (Å²) in [5.74, 6) is 0. The van der Waals surface area contributed by atoms with Crippen LogP contribution in [0, 0.1) is 20.8 Å². The fraction of sp³-hybridized carbons (Fsp3) is 0.667. The number of aryl methyl sites for hydroxylation is 1. The van der Waals surface area contributed by atoms with E-state index in [0.717, 1.165) is 22.5 Å². The molecule has 3 nitrogen and oxygen atoms in total. The van der Waals surface area contributed by atoms with Crippen LogP contribution in [0.3, 0.4) is 0 Å². The molecule has 0 fully saturated rings. The van der Waals surface area contributed by atoms with E-state index in [9.17, 15) is 13.9 Å². The van der Waals surface area contributed by atoms with Crippen LogP contribution in [0.5, 0.6) is 0 Å². The van der Waals surface area contributed by atoms with Crippen LogP contribution in [-0.2, 0) is 4.74 Å². The zero-order chi connectivity index (χ0) is 13.0. The molecule has 0 bridgehead atoms. The molecule has 0 aliphatic carbocycles. The Morgan fingerprint density at radius 3 is 2.35 bits per heavy atom. The Balaban J connectivity index is 2.47. The first-order valence-electron chi connectivity index (χ1n) is 5.63. The Morgan fingerprint density at radius 1 is 1.24 bits per heavy atom. The Bertz CT molecular complexity index is 364. The second-order valence-corrected chi connectivity index (χ2v) is 4.18. The predicted octanol–water partition coefficient (Wildman–Crippen LogP) is 2.65. The van der Waals surface area contributed by atoms with Gasteiger partial charge in [0.15, 0.2) is 0 Å². The average molecular weight is 247 g/mol. The van der Waals surface area contributed by atoms with E-state index in [2.05, 4.69) is 4.98 Å². The zero-order valence-electron chi connectivity index (χ0n) is 10.4. The van der Waals surface area contributed by atoms with Crippen molar-refractivity contribution in [3.8, 4) is 0 Å². The van der Waals surface area contributed by atoms with Gasteiger partial charge < -0.3 is 14.8 Å². The van der Waals surface area contributed by atoms with Gasteiger partial charge >= 0.3 is 0 Å². The highest BCUT2D eigenvalue weighted by Gasteiger charge is 2.15. The van der Waals surface area contributed by atoms with Gasteiger partial charge in [-0.25, -0.2) is 8.78 Å². The second-order valence-electron chi connectivity index (χ2n) is 4.18. The summed E-state index contributed by atoms with van der Waals surface area (Å²) in [7, 11) is 0. The Morgan fingerprint density at radius 2 is 1.88 bits per heavy atom. The molecule has 5 heteroatoms. The summed E-state index contributed by atoms with van der Waals surface area (Å²) in [5.41, 5.74) is 3.90. The van der Waals surface area contributed by atoms with Crippen molar-refractivity contribution in [2.24, 2.45) is 0 Å². The van der Waals surface area contributed by atoms with Crippen LogP contribution in [0.1, 0.15) is 35.0 Å². The number of aromatic amines is 1.